The summed E-state index contributed by atoms with van der Waals surface area (Å²) in [6, 6.07) is 11.0. The molecule has 0 heterocycles. The van der Waals surface area contributed by atoms with E-state index in [4.69, 9.17) is 4.74 Å². The lowest BCUT2D eigenvalue weighted by atomic mass is 10.1. The van der Waals surface area contributed by atoms with Crippen LogP contribution in [0.15, 0.2) is 42.5 Å². The Kier molecular flexibility index (Phi) is 5.28. The Balaban J connectivity index is 2.19. The minimum Gasteiger partial charge on any atom is -0.384 e. The van der Waals surface area contributed by atoms with Crippen LogP contribution in [-0.2, 0) is 11.2 Å². The van der Waals surface area contributed by atoms with Crippen molar-refractivity contribution in [2.24, 2.45) is 0 Å². The average molecular weight is 291 g/mol. The largest absolute Gasteiger partial charge is 0.384 e. The summed E-state index contributed by atoms with van der Waals surface area (Å²) in [5.74, 6) is -0.849. The SMILES string of the molecule is COCCc1ccccc1NC(C)c1cc(F)ccc1F. The molecule has 0 saturated carbocycles. The van der Waals surface area contributed by atoms with Crippen LogP contribution in [0.2, 0.25) is 0 Å². The molecule has 2 aromatic rings. The van der Waals surface area contributed by atoms with E-state index in [2.05, 4.69) is 5.32 Å². The molecule has 0 saturated heterocycles. The van der Waals surface area contributed by atoms with E-state index in [0.29, 0.717) is 12.2 Å². The molecule has 2 rings (SSSR count). The highest BCUT2D eigenvalue weighted by atomic mass is 19.1. The zero-order valence-electron chi connectivity index (χ0n) is 12.2. The molecule has 0 aromatic heterocycles. The van der Waals surface area contributed by atoms with Crippen molar-refractivity contribution >= 4 is 5.69 Å². The fourth-order valence-corrected chi connectivity index (χ4v) is 2.25. The van der Waals surface area contributed by atoms with Gasteiger partial charge in [0.1, 0.15) is 11.6 Å². The third-order valence-electron chi connectivity index (χ3n) is 3.39. The van der Waals surface area contributed by atoms with E-state index >= 15 is 0 Å². The Morgan fingerprint density at radius 3 is 2.67 bits per heavy atom. The zero-order valence-corrected chi connectivity index (χ0v) is 12.2. The van der Waals surface area contributed by atoms with E-state index in [1.165, 1.54) is 6.07 Å². The van der Waals surface area contributed by atoms with Crippen LogP contribution in [0, 0.1) is 11.6 Å². The van der Waals surface area contributed by atoms with Gasteiger partial charge >= 0.3 is 0 Å². The molecule has 4 heteroatoms. The first-order chi connectivity index (χ1) is 10.1. The molecule has 0 fully saturated rings. The predicted octanol–water partition coefficient (Wildman–Crippen LogP) is 4.33. The van der Waals surface area contributed by atoms with Gasteiger partial charge in [0.05, 0.1) is 12.6 Å². The zero-order chi connectivity index (χ0) is 15.2. The molecule has 0 bridgehead atoms. The van der Waals surface area contributed by atoms with Crippen molar-refractivity contribution in [2.75, 3.05) is 19.0 Å². The van der Waals surface area contributed by atoms with Crippen molar-refractivity contribution in [1.82, 2.24) is 0 Å². The summed E-state index contributed by atoms with van der Waals surface area (Å²) in [6.07, 6.45) is 0.762. The first-order valence-electron chi connectivity index (χ1n) is 6.90. The normalized spacial score (nSPS) is 12.2. The second kappa shape index (κ2) is 7.18. The van der Waals surface area contributed by atoms with Crippen molar-refractivity contribution in [3.8, 4) is 0 Å². The summed E-state index contributed by atoms with van der Waals surface area (Å²) in [4.78, 5) is 0. The summed E-state index contributed by atoms with van der Waals surface area (Å²) < 4.78 is 32.2. The topological polar surface area (TPSA) is 21.3 Å². The molecule has 0 radical (unpaired) electrons. The van der Waals surface area contributed by atoms with Crippen LogP contribution in [-0.4, -0.2) is 13.7 Å². The second-order valence-electron chi connectivity index (χ2n) is 4.93. The molecule has 1 unspecified atom stereocenters. The van der Waals surface area contributed by atoms with E-state index in [1.54, 1.807) is 7.11 Å². The van der Waals surface area contributed by atoms with Crippen LogP contribution >= 0.6 is 0 Å². The van der Waals surface area contributed by atoms with E-state index in [1.807, 2.05) is 31.2 Å². The minimum absolute atomic E-state index is 0.316. The highest BCUT2D eigenvalue weighted by Gasteiger charge is 2.13. The van der Waals surface area contributed by atoms with Crippen molar-refractivity contribution < 1.29 is 13.5 Å². The van der Waals surface area contributed by atoms with Gasteiger partial charge < -0.3 is 10.1 Å². The Morgan fingerprint density at radius 1 is 1.14 bits per heavy atom. The van der Waals surface area contributed by atoms with Gasteiger partial charge in [-0.2, -0.15) is 0 Å². The maximum Gasteiger partial charge on any atom is 0.128 e. The number of methoxy groups -OCH3 is 1. The molecule has 2 aromatic carbocycles. The number of halogens is 2. The highest BCUT2D eigenvalue weighted by Crippen LogP contribution is 2.25. The molecular formula is C17H19F2NO. The third-order valence-corrected chi connectivity index (χ3v) is 3.39. The molecule has 0 aliphatic heterocycles. The van der Waals surface area contributed by atoms with Crippen LogP contribution in [0.5, 0.6) is 0 Å². The molecule has 0 aliphatic rings. The molecule has 0 spiro atoms. The van der Waals surface area contributed by atoms with E-state index < -0.39 is 11.6 Å². The Bertz CT molecular complexity index is 601. The number of ether oxygens (including phenoxy) is 1. The number of nitrogens with one attached hydrogen (secondary N) is 1. The van der Waals surface area contributed by atoms with Crippen molar-refractivity contribution in [2.45, 2.75) is 19.4 Å². The van der Waals surface area contributed by atoms with Crippen LogP contribution in [0.25, 0.3) is 0 Å². The van der Waals surface area contributed by atoms with Gasteiger partial charge in [-0.25, -0.2) is 8.78 Å². The number of hydrogen-bond acceptors (Lipinski definition) is 2. The van der Waals surface area contributed by atoms with Gasteiger partial charge in [-0.3, -0.25) is 0 Å². The Morgan fingerprint density at radius 2 is 1.90 bits per heavy atom. The molecule has 2 nitrogen and oxygen atoms in total. The highest BCUT2D eigenvalue weighted by molar-refractivity contribution is 5.52. The quantitative estimate of drug-likeness (QED) is 0.855. The number of anilines is 1. The number of hydrogen-bond donors (Lipinski definition) is 1. The van der Waals surface area contributed by atoms with Gasteiger partial charge in [-0.05, 0) is 43.2 Å². The van der Waals surface area contributed by atoms with Crippen LogP contribution < -0.4 is 5.32 Å². The van der Waals surface area contributed by atoms with Crippen molar-refractivity contribution in [3.05, 3.63) is 65.2 Å². The van der Waals surface area contributed by atoms with Crippen LogP contribution in [0.4, 0.5) is 14.5 Å². The van der Waals surface area contributed by atoms with Gasteiger partial charge in [0.15, 0.2) is 0 Å². The van der Waals surface area contributed by atoms with Gasteiger partial charge in [0, 0.05) is 18.4 Å². The molecule has 21 heavy (non-hydrogen) atoms. The monoisotopic (exact) mass is 291 g/mol. The van der Waals surface area contributed by atoms with Crippen LogP contribution in [0.3, 0.4) is 0 Å². The number of rotatable bonds is 6. The fourth-order valence-electron chi connectivity index (χ4n) is 2.25. The Labute approximate surface area is 123 Å². The lowest BCUT2D eigenvalue weighted by Crippen LogP contribution is -2.11. The first-order valence-corrected chi connectivity index (χ1v) is 6.90. The van der Waals surface area contributed by atoms with Gasteiger partial charge in [0.2, 0.25) is 0 Å². The summed E-state index contributed by atoms with van der Waals surface area (Å²) in [7, 11) is 1.65. The van der Waals surface area contributed by atoms with Crippen molar-refractivity contribution in [3.63, 3.8) is 0 Å². The van der Waals surface area contributed by atoms with Crippen molar-refractivity contribution in [1.29, 1.82) is 0 Å². The second-order valence-corrected chi connectivity index (χ2v) is 4.93. The first kappa shape index (κ1) is 15.4. The van der Waals surface area contributed by atoms with Crippen LogP contribution in [0.1, 0.15) is 24.1 Å². The van der Waals surface area contributed by atoms with E-state index in [0.717, 1.165) is 29.8 Å². The molecular weight excluding hydrogens is 272 g/mol. The maximum absolute atomic E-state index is 13.8. The summed E-state index contributed by atoms with van der Waals surface area (Å²) in [6.45, 7) is 2.42. The molecule has 1 atom stereocenters. The number of benzene rings is 2. The van der Waals surface area contributed by atoms with Gasteiger partial charge in [-0.15, -0.1) is 0 Å². The van der Waals surface area contributed by atoms with Gasteiger partial charge in [-0.1, -0.05) is 18.2 Å². The minimum atomic E-state index is -0.437. The van der Waals surface area contributed by atoms with E-state index in [-0.39, 0.29) is 6.04 Å². The standard InChI is InChI=1S/C17H19F2NO/c1-12(15-11-14(18)7-8-16(15)19)20-17-6-4-3-5-13(17)9-10-21-2/h3-8,11-12,20H,9-10H2,1-2H3. The molecule has 0 aliphatic carbocycles. The molecule has 1 N–H and O–H groups in total. The summed E-state index contributed by atoms with van der Waals surface area (Å²) in [5, 5.41) is 3.24. The predicted molar refractivity (Wildman–Crippen MR) is 80.4 cm³/mol. The van der Waals surface area contributed by atoms with Gasteiger partial charge in [0.25, 0.3) is 0 Å². The lowest BCUT2D eigenvalue weighted by Gasteiger charge is -2.19. The smallest absolute Gasteiger partial charge is 0.128 e. The van der Waals surface area contributed by atoms with E-state index in [9.17, 15) is 8.78 Å². The lowest BCUT2D eigenvalue weighted by molar-refractivity contribution is 0.202. The molecule has 112 valence electrons. The fraction of sp³-hybridized carbons (Fsp3) is 0.294. The maximum atomic E-state index is 13.8. The molecule has 0 amide bonds. The summed E-state index contributed by atoms with van der Waals surface area (Å²) >= 11 is 0. The average Bonchev–Trinajstić information content (AvgIpc) is 2.48. The Hall–Kier alpha value is -1.94. The summed E-state index contributed by atoms with van der Waals surface area (Å²) in [5.41, 5.74) is 2.31. The third kappa shape index (κ3) is 4.02. The number of para-hydroxylation sites is 1.